The first-order chi connectivity index (χ1) is 11.0. The van der Waals surface area contributed by atoms with E-state index < -0.39 is 0 Å². The maximum atomic E-state index is 2.29. The molecule has 1 aromatic carbocycles. The van der Waals surface area contributed by atoms with Gasteiger partial charge in [0, 0.05) is 29.8 Å². The smallest absolute Gasteiger partial charge is 0.196 e. The van der Waals surface area contributed by atoms with Gasteiger partial charge in [0.2, 0.25) is 5.69 Å². The van der Waals surface area contributed by atoms with E-state index >= 15 is 0 Å². The maximum Gasteiger partial charge on any atom is 0.277 e. The highest BCUT2D eigenvalue weighted by Crippen LogP contribution is 2.23. The number of nitrogens with zero attached hydrogens (tertiary/aromatic N) is 2. The minimum absolute atomic E-state index is 1.22. The van der Waals surface area contributed by atoms with Crippen LogP contribution in [-0.2, 0) is 14.1 Å². The lowest BCUT2D eigenvalue weighted by Crippen LogP contribution is -2.40. The van der Waals surface area contributed by atoms with Crippen molar-refractivity contribution in [3.8, 4) is 22.6 Å². The zero-order valence-corrected chi connectivity index (χ0v) is 14.6. The van der Waals surface area contributed by atoms with Crippen LogP contribution in [0.4, 0.5) is 0 Å². The van der Waals surface area contributed by atoms with Gasteiger partial charge in [-0.15, -0.1) is 0 Å². The predicted molar refractivity (Wildman–Crippen MR) is 93.9 cm³/mol. The van der Waals surface area contributed by atoms with Gasteiger partial charge >= 0.3 is 0 Å². The Bertz CT molecular complexity index is 809. The van der Waals surface area contributed by atoms with Gasteiger partial charge in [-0.2, -0.15) is 9.13 Å². The zero-order valence-electron chi connectivity index (χ0n) is 14.6. The predicted octanol–water partition coefficient (Wildman–Crippen LogP) is 3.59. The molecule has 116 valence electrons. The topological polar surface area (TPSA) is 7.76 Å². The molecule has 3 rings (SSSR count). The SMILES string of the molecule is Cc1ccc(C)c(-c2cccc(-c3cc(C)cc[n+]3C)[n+]2C)c1. The molecule has 0 atom stereocenters. The summed E-state index contributed by atoms with van der Waals surface area (Å²) in [5.41, 5.74) is 8.84. The third-order valence-corrected chi connectivity index (χ3v) is 4.47. The van der Waals surface area contributed by atoms with Crippen molar-refractivity contribution in [3.63, 3.8) is 0 Å². The van der Waals surface area contributed by atoms with Crippen molar-refractivity contribution in [1.82, 2.24) is 0 Å². The average Bonchev–Trinajstić information content (AvgIpc) is 2.53. The first-order valence-corrected chi connectivity index (χ1v) is 8.00. The van der Waals surface area contributed by atoms with Gasteiger partial charge in [0.25, 0.3) is 11.4 Å². The van der Waals surface area contributed by atoms with Crippen LogP contribution in [-0.4, -0.2) is 0 Å². The lowest BCUT2D eigenvalue weighted by atomic mass is 10.0. The first-order valence-electron chi connectivity index (χ1n) is 8.00. The highest BCUT2D eigenvalue weighted by molar-refractivity contribution is 5.63. The molecule has 0 aliphatic heterocycles. The molecule has 0 saturated carbocycles. The molecule has 0 fully saturated rings. The van der Waals surface area contributed by atoms with E-state index in [-0.39, 0.29) is 0 Å². The fourth-order valence-corrected chi connectivity index (χ4v) is 3.05. The summed E-state index contributed by atoms with van der Waals surface area (Å²) >= 11 is 0. The Morgan fingerprint density at radius 3 is 2.17 bits per heavy atom. The lowest BCUT2D eigenvalue weighted by Gasteiger charge is -2.08. The van der Waals surface area contributed by atoms with Crippen molar-refractivity contribution >= 4 is 0 Å². The summed E-state index contributed by atoms with van der Waals surface area (Å²) in [7, 11) is 4.24. The second kappa shape index (κ2) is 5.96. The van der Waals surface area contributed by atoms with E-state index in [4.69, 9.17) is 0 Å². The number of benzene rings is 1. The Hall–Kier alpha value is -2.48. The molecule has 2 heterocycles. The molecule has 0 aliphatic carbocycles. The van der Waals surface area contributed by atoms with E-state index in [9.17, 15) is 0 Å². The second-order valence-corrected chi connectivity index (χ2v) is 6.37. The van der Waals surface area contributed by atoms with Crippen molar-refractivity contribution in [3.05, 3.63) is 71.4 Å². The van der Waals surface area contributed by atoms with Crippen LogP contribution in [0.3, 0.4) is 0 Å². The van der Waals surface area contributed by atoms with Crippen molar-refractivity contribution in [2.24, 2.45) is 14.1 Å². The van der Waals surface area contributed by atoms with Gasteiger partial charge in [0.15, 0.2) is 6.20 Å². The minimum Gasteiger partial charge on any atom is -0.196 e. The van der Waals surface area contributed by atoms with E-state index in [1.807, 2.05) is 0 Å². The quantitative estimate of drug-likeness (QED) is 0.639. The fraction of sp³-hybridized carbons (Fsp3) is 0.238. The van der Waals surface area contributed by atoms with Gasteiger partial charge in [-0.3, -0.25) is 0 Å². The molecule has 23 heavy (non-hydrogen) atoms. The van der Waals surface area contributed by atoms with Gasteiger partial charge in [-0.05, 0) is 44.0 Å². The molecule has 0 N–H and O–H groups in total. The van der Waals surface area contributed by atoms with Gasteiger partial charge in [-0.1, -0.05) is 17.7 Å². The third kappa shape index (κ3) is 2.89. The van der Waals surface area contributed by atoms with Crippen LogP contribution in [0.15, 0.2) is 54.7 Å². The van der Waals surface area contributed by atoms with E-state index in [1.54, 1.807) is 0 Å². The van der Waals surface area contributed by atoms with Crippen LogP contribution in [0.25, 0.3) is 22.6 Å². The Labute approximate surface area is 138 Å². The monoisotopic (exact) mass is 304 g/mol. The number of hydrogen-bond acceptors (Lipinski definition) is 0. The summed E-state index contributed by atoms with van der Waals surface area (Å²) in [6.07, 6.45) is 2.12. The Morgan fingerprint density at radius 1 is 0.696 bits per heavy atom. The first kappa shape index (κ1) is 15.4. The Kier molecular flexibility index (Phi) is 3.99. The normalized spacial score (nSPS) is 10.8. The summed E-state index contributed by atoms with van der Waals surface area (Å²) in [6.45, 7) is 6.46. The summed E-state index contributed by atoms with van der Waals surface area (Å²) in [4.78, 5) is 0. The van der Waals surface area contributed by atoms with Crippen molar-refractivity contribution in [2.45, 2.75) is 20.8 Å². The Morgan fingerprint density at radius 2 is 1.39 bits per heavy atom. The van der Waals surface area contributed by atoms with E-state index in [1.165, 1.54) is 39.3 Å². The van der Waals surface area contributed by atoms with Crippen LogP contribution in [0, 0.1) is 20.8 Å². The number of pyridine rings is 2. The van der Waals surface area contributed by atoms with Crippen LogP contribution < -0.4 is 9.13 Å². The summed E-state index contributed by atoms with van der Waals surface area (Å²) in [6, 6.07) is 17.5. The number of aromatic nitrogens is 2. The summed E-state index contributed by atoms with van der Waals surface area (Å²) in [5.74, 6) is 0. The largest absolute Gasteiger partial charge is 0.277 e. The molecule has 2 nitrogen and oxygen atoms in total. The molecular formula is C21H24N2+2. The third-order valence-electron chi connectivity index (χ3n) is 4.47. The standard InChI is InChI=1S/C21H24N2/c1-15-9-10-17(3)18(13-15)19-7-6-8-20(23(19)5)21-14-16(2)11-12-22(21)4/h6-14H,1-5H3/q+2. The zero-order chi connectivity index (χ0) is 16.6. The van der Waals surface area contributed by atoms with Crippen molar-refractivity contribution in [1.29, 1.82) is 0 Å². The lowest BCUT2D eigenvalue weighted by molar-refractivity contribution is -0.685. The average molecular weight is 304 g/mol. The molecule has 0 bridgehead atoms. The highest BCUT2D eigenvalue weighted by Gasteiger charge is 2.23. The van der Waals surface area contributed by atoms with Gasteiger partial charge < -0.3 is 0 Å². The number of rotatable bonds is 2. The molecule has 2 aromatic heterocycles. The fourth-order valence-electron chi connectivity index (χ4n) is 3.05. The van der Waals surface area contributed by atoms with E-state index in [2.05, 4.69) is 98.7 Å². The molecule has 0 unspecified atom stereocenters. The molecule has 0 saturated heterocycles. The summed E-state index contributed by atoms with van der Waals surface area (Å²) in [5, 5.41) is 0. The Balaban J connectivity index is 2.23. The molecule has 2 heteroatoms. The molecule has 0 radical (unpaired) electrons. The van der Waals surface area contributed by atoms with Crippen LogP contribution in [0.2, 0.25) is 0 Å². The van der Waals surface area contributed by atoms with E-state index in [0.717, 1.165) is 0 Å². The van der Waals surface area contributed by atoms with Gasteiger partial charge in [0.05, 0.1) is 0 Å². The van der Waals surface area contributed by atoms with Crippen molar-refractivity contribution < 1.29 is 9.13 Å². The maximum absolute atomic E-state index is 2.29. The number of aryl methyl sites for hydroxylation is 4. The van der Waals surface area contributed by atoms with Gasteiger partial charge in [0.1, 0.15) is 14.1 Å². The highest BCUT2D eigenvalue weighted by atomic mass is 15.0. The molecule has 0 amide bonds. The van der Waals surface area contributed by atoms with Crippen LogP contribution >= 0.6 is 0 Å². The molecular weight excluding hydrogens is 280 g/mol. The van der Waals surface area contributed by atoms with Crippen molar-refractivity contribution in [2.75, 3.05) is 0 Å². The van der Waals surface area contributed by atoms with Gasteiger partial charge in [-0.25, -0.2) is 0 Å². The summed E-state index contributed by atoms with van der Waals surface area (Å²) < 4.78 is 4.46. The van der Waals surface area contributed by atoms with Crippen LogP contribution in [0.5, 0.6) is 0 Å². The van der Waals surface area contributed by atoms with E-state index in [0.29, 0.717) is 0 Å². The molecule has 0 spiro atoms. The number of hydrogen-bond donors (Lipinski definition) is 0. The molecule has 0 aliphatic rings. The minimum atomic E-state index is 1.22. The second-order valence-electron chi connectivity index (χ2n) is 6.37. The molecule has 3 aromatic rings. The van der Waals surface area contributed by atoms with Crippen LogP contribution in [0.1, 0.15) is 16.7 Å².